The van der Waals surface area contributed by atoms with Gasteiger partial charge in [0.2, 0.25) is 17.7 Å². The molecule has 6 aliphatic heterocycles. The number of carbonyl (C=O) groups is 7. The van der Waals surface area contributed by atoms with Crippen LogP contribution in [0.4, 0.5) is 32.0 Å². The first kappa shape index (κ1) is 97.2. The fourth-order valence-corrected chi connectivity index (χ4v) is 18.4. The molecule has 6 aliphatic rings. The van der Waals surface area contributed by atoms with Crippen LogP contribution in [-0.4, -0.2) is 162 Å². The van der Waals surface area contributed by atoms with E-state index in [9.17, 15) is 59.9 Å². The maximum Gasteiger partial charge on any atom is 0.314 e. The van der Waals surface area contributed by atoms with E-state index in [1.807, 2.05) is 126 Å². The summed E-state index contributed by atoms with van der Waals surface area (Å²) in [7, 11) is 11.7. The number of likely N-dealkylation sites (tertiary alicyclic amines) is 3. The zero-order valence-corrected chi connectivity index (χ0v) is 78.9. The minimum absolute atomic E-state index is 0.0644. The van der Waals surface area contributed by atoms with Gasteiger partial charge in [-0.15, -0.1) is 0 Å². The van der Waals surface area contributed by atoms with E-state index >= 15 is 0 Å². The smallest absolute Gasteiger partial charge is 0.314 e. The molecule has 3 N–H and O–H groups in total. The fraction of sp³-hybridized carbons (Fsp3) is 0.330. The number of carbonyl (C=O) groups excluding carboxylic acids is 7. The van der Waals surface area contributed by atoms with E-state index in [0.717, 1.165) is 87.5 Å². The molecule has 11 aromatic rings. The Morgan fingerprint density at radius 2 is 0.759 bits per heavy atom. The number of anilines is 1. The number of methoxy groups -OCH3 is 4. The molecule has 33 heteroatoms. The number of aromatic nitrogens is 6. The number of halogens is 8. The summed E-state index contributed by atoms with van der Waals surface area (Å²) < 4.78 is 112. The Hall–Kier alpha value is -13.4. The van der Waals surface area contributed by atoms with Gasteiger partial charge in [0.25, 0.3) is 17.7 Å². The minimum atomic E-state index is -0.810. The van der Waals surface area contributed by atoms with Gasteiger partial charge >= 0.3 is 5.97 Å². The Kier molecular flexibility index (Phi) is 28.1. The van der Waals surface area contributed by atoms with Crippen molar-refractivity contribution in [2.75, 3.05) is 55.3 Å². The largest absolute Gasteiger partial charge is 0.497 e. The number of likely N-dealkylation sites (N-methyl/N-ethyl adjacent to an activating group) is 3. The Labute approximate surface area is 780 Å². The first-order valence-electron chi connectivity index (χ1n) is 42.5. The minimum Gasteiger partial charge on any atom is -0.497 e. The number of ether oxygens (including phenoxy) is 4. The zero-order chi connectivity index (χ0) is 96.6. The molecule has 8 aromatic carbocycles. The van der Waals surface area contributed by atoms with Crippen LogP contribution in [0, 0.1) is 34.9 Å². The molecule has 3 atom stereocenters. The molecule has 25 nitrogen and oxygen atoms in total. The van der Waals surface area contributed by atoms with E-state index in [1.54, 1.807) is 66.4 Å². The molecule has 0 bridgehead atoms. The highest BCUT2D eigenvalue weighted by Gasteiger charge is 2.55. The molecule has 133 heavy (non-hydrogen) atoms. The van der Waals surface area contributed by atoms with Crippen LogP contribution in [0.2, 0.25) is 5.15 Å². The molecule has 0 radical (unpaired) electrons. The summed E-state index contributed by atoms with van der Waals surface area (Å²) in [5, 5.41) is 2.57. The van der Waals surface area contributed by atoms with Crippen molar-refractivity contribution in [2.45, 2.75) is 167 Å². The predicted molar refractivity (Wildman–Crippen MR) is 491 cm³/mol. The number of rotatable bonds is 18. The number of nitrogens with zero attached hydrogens (tertiary/aromatic N) is 11. The number of fused-ring (bicyclic) bond motifs is 3. The summed E-state index contributed by atoms with van der Waals surface area (Å²) in [6.07, 6.45) is 2.70. The number of nitrogen functional groups attached to an aromatic ring is 1. The first-order chi connectivity index (χ1) is 62.8. The maximum atomic E-state index is 14.9. The van der Waals surface area contributed by atoms with Crippen molar-refractivity contribution >= 4 is 75.0 Å². The van der Waals surface area contributed by atoms with E-state index in [1.165, 1.54) is 37.1 Å². The zero-order valence-electron chi connectivity index (χ0n) is 76.6. The summed E-state index contributed by atoms with van der Waals surface area (Å²) in [5.41, 5.74) is 11.8. The normalized spacial score (nSPS) is 18.6. The third-order valence-corrected chi connectivity index (χ3v) is 26.4. The van der Waals surface area contributed by atoms with Crippen molar-refractivity contribution in [3.8, 4) is 57.2 Å². The quantitative estimate of drug-likeness (QED) is 0.0458. The van der Waals surface area contributed by atoms with E-state index in [0.29, 0.717) is 75.4 Å². The van der Waals surface area contributed by atoms with Crippen LogP contribution in [0.25, 0.3) is 34.2 Å². The molecule has 0 aliphatic carbocycles. The van der Waals surface area contributed by atoms with Crippen molar-refractivity contribution in [2.24, 2.45) is 0 Å². The summed E-state index contributed by atoms with van der Waals surface area (Å²) in [5.74, 6) is -3.72. The highest BCUT2D eigenvalue weighted by molar-refractivity contribution is 9.06. The van der Waals surface area contributed by atoms with Crippen molar-refractivity contribution in [1.82, 2.24) is 59.7 Å². The van der Waals surface area contributed by atoms with Gasteiger partial charge in [-0.1, -0.05) is 90.5 Å². The highest BCUT2D eigenvalue weighted by Crippen LogP contribution is 2.48. The lowest BCUT2D eigenvalue weighted by atomic mass is 9.77. The number of amides is 6. The first-order valence-corrected chi connectivity index (χ1v) is 43.5. The molecule has 0 saturated carbocycles. The van der Waals surface area contributed by atoms with E-state index in [4.69, 9.17) is 36.3 Å². The van der Waals surface area contributed by atoms with Crippen LogP contribution in [0.5, 0.6) is 23.0 Å². The van der Waals surface area contributed by atoms with Gasteiger partial charge in [0.1, 0.15) is 68.6 Å². The summed E-state index contributed by atoms with van der Waals surface area (Å²) in [4.78, 5) is 122. The van der Waals surface area contributed by atoms with Crippen LogP contribution < -0.4 is 30.0 Å². The van der Waals surface area contributed by atoms with Crippen molar-refractivity contribution in [1.29, 1.82) is 0 Å². The lowest BCUT2D eigenvalue weighted by Gasteiger charge is -2.27. The van der Waals surface area contributed by atoms with Crippen LogP contribution in [0.1, 0.15) is 187 Å². The molecule has 6 amide bonds. The second-order valence-corrected chi connectivity index (χ2v) is 36.6. The van der Waals surface area contributed by atoms with Gasteiger partial charge in [-0.05, 0) is 182 Å². The number of benzene rings is 8. The van der Waals surface area contributed by atoms with Gasteiger partial charge in [-0.3, -0.25) is 33.6 Å². The second kappa shape index (κ2) is 38.5. The molecule has 0 spiro atoms. The monoisotopic (exact) mass is 1900 g/mol. The molecule has 17 rings (SSSR count). The maximum absolute atomic E-state index is 14.9. The van der Waals surface area contributed by atoms with Gasteiger partial charge in [0, 0.05) is 86.5 Å². The summed E-state index contributed by atoms with van der Waals surface area (Å²) in [6.45, 7) is 20.6. The number of nitrogens with two attached hydrogens (primary N) is 1. The number of hydrogen-bond acceptors (Lipinski definition) is 19. The second-order valence-electron chi connectivity index (χ2n) is 35.9. The van der Waals surface area contributed by atoms with E-state index in [-0.39, 0.29) is 148 Å². The average Bonchev–Trinajstić information content (AvgIpc) is 1.60. The third kappa shape index (κ3) is 19.5. The number of hydrogen-bond donors (Lipinski definition) is 2. The highest BCUT2D eigenvalue weighted by atomic mass is 79.9. The fourth-order valence-electron chi connectivity index (χ4n) is 18.1. The van der Waals surface area contributed by atoms with Crippen LogP contribution >= 0.6 is 27.9 Å². The van der Waals surface area contributed by atoms with Crippen LogP contribution in [0.3, 0.4) is 0 Å². The van der Waals surface area contributed by atoms with Gasteiger partial charge in [0.05, 0.1) is 134 Å². The Bertz CT molecular complexity index is 6360. The van der Waals surface area contributed by atoms with Crippen molar-refractivity contribution < 1.29 is 82.7 Å². The molecular weight excluding hydrogens is 1800 g/mol. The number of nitrogens with one attached hydrogen (secondary N) is 1. The van der Waals surface area contributed by atoms with Crippen LogP contribution in [0.15, 0.2) is 164 Å². The van der Waals surface area contributed by atoms with Gasteiger partial charge in [-0.25, -0.2) is 56.2 Å². The third-order valence-electron chi connectivity index (χ3n) is 25.6. The Morgan fingerprint density at radius 1 is 0.436 bits per heavy atom. The summed E-state index contributed by atoms with van der Waals surface area (Å²) >= 11 is 8.67. The standard InChI is InChI=1S/C36H36F2N4O4.C27H26F2N4O2.C21H16ClF2N3O3.C14H20N2O.C2H3BrO2/c1-35(2)20-36(3,34(44)41(35)4)23-13-10-21(11-14-23)16-27-31-28(40-32(39-27)30-25(37)8-7-9-26(30)38)19-42(33(31)43)18-22-12-15-24(45-5)17-29(22)46-6;1-26(2)14-27(3,25(35)33(26)4)16-10-8-15(9-11-16)12-19-22-20(13-30-24(22)34)32-23(31-19)21-17(28)6-5-7-18(21)29;1-29-12-7-6-11(16(8-12)30-2)9-27-10-15-18(21(27)28)19(22)26-20(25-15)17-13(23)4-3-5-14(17)24;1-13(2)9-14(3,12(17)16(13)4)10-5-7-11(15)8-6-10;1-2(4)5-3/h7-15,17H,16,18-20H2,1-6H3;5-11H,12-14H2,1-4H3,(H,30,34);3-8H,9-10H2,1-2H3;5-8H,9,15H2,1-4H3;1H3. The molecular formula is C100H101BrClF6N13O12. The lowest BCUT2D eigenvalue weighted by molar-refractivity contribution is -0.133. The van der Waals surface area contributed by atoms with Gasteiger partial charge in [-0.2, -0.15) is 0 Å². The Balaban J connectivity index is 0.000000154. The van der Waals surface area contributed by atoms with E-state index in [2.05, 4.69) is 96.8 Å². The SMILES string of the molecule is CC(=O)OBr.CN1C(=O)C(C)(c2ccc(Cc3nc(-c4c(F)cccc4F)nc4c3C(=O)NC4)cc2)CC1(C)C.CN1C(=O)C(C)(c2ccc(N)cc2)CC1(C)C.COc1ccc(CN2Cc3nc(-c4c(F)cccc4F)nc(Cc4ccc(C5(C)CC(C)(C)N(C)C5=O)cc4)c3C2=O)c(OC)c1.COc1ccc(CN2Cc3nc(-c4c(F)cccc4F)nc(Cl)c3C2=O)c(OC)c1. The predicted octanol–water partition coefficient (Wildman–Crippen LogP) is 17.5. The molecule has 3 fully saturated rings. The average molecular weight is 1910 g/mol. The molecule has 3 saturated heterocycles. The molecule has 3 unspecified atom stereocenters. The van der Waals surface area contributed by atoms with Crippen molar-refractivity contribution in [3.05, 3.63) is 288 Å². The van der Waals surface area contributed by atoms with Gasteiger partial charge < -0.3 is 58.3 Å². The molecule has 3 aromatic heterocycles. The summed E-state index contributed by atoms with van der Waals surface area (Å²) in [6, 6.07) is 44.3. The van der Waals surface area contributed by atoms with Crippen molar-refractivity contribution in [3.63, 3.8) is 0 Å². The lowest BCUT2D eigenvalue weighted by Crippen LogP contribution is -2.38. The topological polar surface area (TPSA) is 297 Å². The Morgan fingerprint density at radius 3 is 1.09 bits per heavy atom. The molecule has 9 heterocycles. The molecule has 694 valence electrons. The van der Waals surface area contributed by atoms with Crippen LogP contribution in [-0.2, 0) is 84.8 Å². The van der Waals surface area contributed by atoms with Gasteiger partial charge in [0.15, 0.2) is 33.7 Å². The van der Waals surface area contributed by atoms with E-state index < -0.39 is 51.1 Å².